The maximum absolute atomic E-state index is 13.8. The van der Waals surface area contributed by atoms with Crippen molar-refractivity contribution in [2.45, 2.75) is 19.5 Å². The molecule has 0 bridgehead atoms. The molecule has 0 fully saturated rings. The first-order valence-electron chi connectivity index (χ1n) is 6.46. The average molecular weight is 312 g/mol. The molecule has 1 nitrogen and oxygen atoms in total. The van der Waals surface area contributed by atoms with E-state index in [-0.39, 0.29) is 18.2 Å². The van der Waals surface area contributed by atoms with Crippen molar-refractivity contribution in [1.29, 1.82) is 0 Å². The quantitative estimate of drug-likeness (QED) is 0.791. The Kier molecular flexibility index (Phi) is 5.03. The summed E-state index contributed by atoms with van der Waals surface area (Å²) in [5, 5.41) is 0.513. The van der Waals surface area contributed by atoms with E-state index in [1.807, 2.05) is 0 Å². The second kappa shape index (κ2) is 6.57. The summed E-state index contributed by atoms with van der Waals surface area (Å²) in [4.78, 5) is 2.24. The van der Waals surface area contributed by atoms with Gasteiger partial charge in [0.05, 0.1) is 0 Å². The van der Waals surface area contributed by atoms with E-state index in [1.165, 1.54) is 17.2 Å². The van der Waals surface area contributed by atoms with Crippen molar-refractivity contribution in [3.63, 3.8) is 0 Å². The van der Waals surface area contributed by atoms with Gasteiger partial charge in [0.1, 0.15) is 5.82 Å². The van der Waals surface area contributed by atoms with E-state index in [9.17, 15) is 4.39 Å². The standard InChI is InChI=1S/C16H15ClFN.ClH/c17-15-6-3-7-16(18)14(15)11-19-9-8-12-4-1-2-5-13(12)10-19;/h1-7H,8-11H2;1H. The Morgan fingerprint density at radius 2 is 1.80 bits per heavy atom. The number of nitrogens with zero attached hydrogens (tertiary/aromatic N) is 1. The predicted molar refractivity (Wildman–Crippen MR) is 82.9 cm³/mol. The third-order valence-corrected chi connectivity index (χ3v) is 4.01. The summed E-state index contributed by atoms with van der Waals surface area (Å²) in [5.41, 5.74) is 3.34. The van der Waals surface area contributed by atoms with Gasteiger partial charge in [-0.25, -0.2) is 4.39 Å². The molecular weight excluding hydrogens is 296 g/mol. The van der Waals surface area contributed by atoms with E-state index in [2.05, 4.69) is 29.2 Å². The van der Waals surface area contributed by atoms with Crippen molar-refractivity contribution in [3.8, 4) is 0 Å². The Morgan fingerprint density at radius 1 is 1.05 bits per heavy atom. The van der Waals surface area contributed by atoms with Gasteiger partial charge in [-0.05, 0) is 29.7 Å². The molecule has 0 atom stereocenters. The molecule has 0 radical (unpaired) electrons. The first-order valence-corrected chi connectivity index (χ1v) is 6.84. The van der Waals surface area contributed by atoms with Crippen molar-refractivity contribution >= 4 is 24.0 Å². The van der Waals surface area contributed by atoms with Gasteiger partial charge in [-0.15, -0.1) is 12.4 Å². The molecule has 0 unspecified atom stereocenters. The van der Waals surface area contributed by atoms with E-state index in [0.717, 1.165) is 19.5 Å². The summed E-state index contributed by atoms with van der Waals surface area (Å²) >= 11 is 6.08. The molecule has 1 aliphatic rings. The zero-order valence-electron chi connectivity index (χ0n) is 11.0. The molecule has 0 spiro atoms. The second-order valence-electron chi connectivity index (χ2n) is 4.93. The fourth-order valence-electron chi connectivity index (χ4n) is 2.60. The first-order chi connectivity index (χ1) is 9.24. The van der Waals surface area contributed by atoms with Crippen molar-refractivity contribution in [1.82, 2.24) is 4.90 Å². The smallest absolute Gasteiger partial charge is 0.129 e. The van der Waals surface area contributed by atoms with E-state index in [0.29, 0.717) is 17.1 Å². The minimum Gasteiger partial charge on any atom is -0.294 e. The van der Waals surface area contributed by atoms with Crippen molar-refractivity contribution in [3.05, 3.63) is 70.0 Å². The molecule has 0 saturated heterocycles. The first kappa shape index (κ1) is 15.3. The van der Waals surface area contributed by atoms with E-state index < -0.39 is 0 Å². The van der Waals surface area contributed by atoms with Gasteiger partial charge in [0.25, 0.3) is 0 Å². The van der Waals surface area contributed by atoms with Crippen molar-refractivity contribution < 1.29 is 4.39 Å². The van der Waals surface area contributed by atoms with Crippen LogP contribution in [0.1, 0.15) is 16.7 Å². The van der Waals surface area contributed by atoms with Crippen LogP contribution in [0, 0.1) is 5.82 Å². The largest absolute Gasteiger partial charge is 0.294 e. The summed E-state index contributed by atoms with van der Waals surface area (Å²) in [6, 6.07) is 13.3. The molecule has 0 N–H and O–H groups in total. The lowest BCUT2D eigenvalue weighted by Crippen LogP contribution is -2.30. The number of fused-ring (bicyclic) bond motifs is 1. The van der Waals surface area contributed by atoms with Crippen LogP contribution in [-0.2, 0) is 19.5 Å². The normalized spacial score (nSPS) is 14.5. The number of hydrogen-bond acceptors (Lipinski definition) is 1. The topological polar surface area (TPSA) is 3.24 Å². The van der Waals surface area contributed by atoms with Gasteiger partial charge < -0.3 is 0 Å². The van der Waals surface area contributed by atoms with Gasteiger partial charge in [-0.3, -0.25) is 4.90 Å². The third-order valence-electron chi connectivity index (χ3n) is 3.65. The Labute approximate surface area is 129 Å². The summed E-state index contributed by atoms with van der Waals surface area (Å²) in [6.07, 6.45) is 1.02. The molecule has 20 heavy (non-hydrogen) atoms. The van der Waals surface area contributed by atoms with Gasteiger partial charge in [0, 0.05) is 30.2 Å². The molecular formula is C16H16Cl2FN. The highest BCUT2D eigenvalue weighted by Gasteiger charge is 2.18. The number of halogens is 3. The van der Waals surface area contributed by atoms with Crippen LogP contribution in [-0.4, -0.2) is 11.4 Å². The lowest BCUT2D eigenvalue weighted by atomic mass is 9.99. The minimum atomic E-state index is -0.216. The molecule has 0 saturated carbocycles. The minimum absolute atomic E-state index is 0. The highest BCUT2D eigenvalue weighted by Crippen LogP contribution is 2.24. The van der Waals surface area contributed by atoms with E-state index in [4.69, 9.17) is 11.6 Å². The van der Waals surface area contributed by atoms with E-state index in [1.54, 1.807) is 12.1 Å². The predicted octanol–water partition coefficient (Wildman–Crippen LogP) is 4.46. The van der Waals surface area contributed by atoms with Crippen LogP contribution in [0.3, 0.4) is 0 Å². The van der Waals surface area contributed by atoms with Crippen LogP contribution in [0.15, 0.2) is 42.5 Å². The number of rotatable bonds is 2. The lowest BCUT2D eigenvalue weighted by Gasteiger charge is -2.29. The molecule has 1 heterocycles. The highest BCUT2D eigenvalue weighted by atomic mass is 35.5. The Balaban J connectivity index is 0.00000147. The zero-order valence-corrected chi connectivity index (χ0v) is 12.6. The second-order valence-corrected chi connectivity index (χ2v) is 5.34. The van der Waals surface area contributed by atoms with Crippen LogP contribution in [0.4, 0.5) is 4.39 Å². The van der Waals surface area contributed by atoms with Crippen LogP contribution < -0.4 is 0 Å². The van der Waals surface area contributed by atoms with Crippen molar-refractivity contribution in [2.75, 3.05) is 6.54 Å². The Morgan fingerprint density at radius 3 is 2.55 bits per heavy atom. The van der Waals surface area contributed by atoms with Crippen LogP contribution in [0.5, 0.6) is 0 Å². The number of benzene rings is 2. The summed E-state index contributed by atoms with van der Waals surface area (Å²) in [6.45, 7) is 2.38. The van der Waals surface area contributed by atoms with Gasteiger partial charge in [-0.2, -0.15) is 0 Å². The van der Waals surface area contributed by atoms with Crippen LogP contribution in [0.25, 0.3) is 0 Å². The molecule has 0 aliphatic carbocycles. The fraction of sp³-hybridized carbons (Fsp3) is 0.250. The van der Waals surface area contributed by atoms with Gasteiger partial charge in [0.15, 0.2) is 0 Å². The monoisotopic (exact) mass is 311 g/mol. The van der Waals surface area contributed by atoms with Crippen molar-refractivity contribution in [2.24, 2.45) is 0 Å². The third kappa shape index (κ3) is 3.14. The Bertz CT molecular complexity index is 581. The summed E-state index contributed by atoms with van der Waals surface area (Å²) in [7, 11) is 0. The molecule has 4 heteroatoms. The Hall–Kier alpha value is -1.09. The van der Waals surface area contributed by atoms with Crippen LogP contribution >= 0.6 is 24.0 Å². The molecule has 0 aromatic heterocycles. The fourth-order valence-corrected chi connectivity index (χ4v) is 2.82. The molecule has 2 aromatic rings. The molecule has 106 valence electrons. The number of hydrogen-bond donors (Lipinski definition) is 0. The molecule has 2 aromatic carbocycles. The maximum Gasteiger partial charge on any atom is 0.129 e. The van der Waals surface area contributed by atoms with Crippen LogP contribution in [0.2, 0.25) is 5.02 Å². The van der Waals surface area contributed by atoms with Gasteiger partial charge >= 0.3 is 0 Å². The molecule has 3 rings (SSSR count). The maximum atomic E-state index is 13.8. The SMILES string of the molecule is Cl.Fc1cccc(Cl)c1CN1CCc2ccccc2C1. The summed E-state index contributed by atoms with van der Waals surface area (Å²) < 4.78 is 13.8. The van der Waals surface area contributed by atoms with E-state index >= 15 is 0 Å². The van der Waals surface area contributed by atoms with Gasteiger partial charge in [-0.1, -0.05) is 41.9 Å². The summed E-state index contributed by atoms with van der Waals surface area (Å²) in [5.74, 6) is -0.216. The average Bonchev–Trinajstić information content (AvgIpc) is 2.43. The van der Waals surface area contributed by atoms with Gasteiger partial charge in [0.2, 0.25) is 0 Å². The highest BCUT2D eigenvalue weighted by molar-refractivity contribution is 6.31. The molecule has 0 amide bonds. The zero-order chi connectivity index (χ0) is 13.2. The lowest BCUT2D eigenvalue weighted by molar-refractivity contribution is 0.242. The molecule has 1 aliphatic heterocycles.